The van der Waals surface area contributed by atoms with Gasteiger partial charge in [0.05, 0.1) is 6.54 Å². The normalized spacial score (nSPS) is 25.2. The first-order chi connectivity index (χ1) is 11.3. The molecule has 1 aromatic heterocycles. The third kappa shape index (κ3) is 3.33. The molecular weight excluding hydrogens is 323 g/mol. The SMILES string of the molecule is O=C(N1CCCC1)C1(O)CCCN(c2ccnc(C(F)(F)F)c2)C1. The van der Waals surface area contributed by atoms with Crippen molar-refractivity contribution in [2.24, 2.45) is 0 Å². The van der Waals surface area contributed by atoms with E-state index >= 15 is 0 Å². The topological polar surface area (TPSA) is 56.7 Å². The smallest absolute Gasteiger partial charge is 0.378 e. The fraction of sp³-hybridized carbons (Fsp3) is 0.625. The van der Waals surface area contributed by atoms with E-state index in [9.17, 15) is 23.1 Å². The van der Waals surface area contributed by atoms with Gasteiger partial charge in [-0.3, -0.25) is 9.78 Å². The van der Waals surface area contributed by atoms with E-state index in [0.29, 0.717) is 38.2 Å². The van der Waals surface area contributed by atoms with Crippen LogP contribution in [0.1, 0.15) is 31.4 Å². The van der Waals surface area contributed by atoms with Crippen molar-refractivity contribution in [3.05, 3.63) is 24.0 Å². The summed E-state index contributed by atoms with van der Waals surface area (Å²) in [5, 5.41) is 10.8. The number of carbonyl (C=O) groups excluding carboxylic acids is 1. The molecule has 2 saturated heterocycles. The van der Waals surface area contributed by atoms with E-state index in [0.717, 1.165) is 25.1 Å². The number of likely N-dealkylation sites (tertiary alicyclic amines) is 1. The minimum Gasteiger partial charge on any atom is -0.378 e. The first kappa shape index (κ1) is 17.0. The van der Waals surface area contributed by atoms with E-state index in [4.69, 9.17) is 0 Å². The Morgan fingerprint density at radius 1 is 1.21 bits per heavy atom. The highest BCUT2D eigenvalue weighted by Crippen LogP contribution is 2.32. The molecule has 2 fully saturated rings. The lowest BCUT2D eigenvalue weighted by molar-refractivity contribution is -0.151. The van der Waals surface area contributed by atoms with Crippen LogP contribution in [-0.2, 0) is 11.0 Å². The second-order valence-corrected chi connectivity index (χ2v) is 6.45. The van der Waals surface area contributed by atoms with Gasteiger partial charge in [0.15, 0.2) is 5.60 Å². The second kappa shape index (κ2) is 6.23. The molecule has 0 aromatic carbocycles. The van der Waals surface area contributed by atoms with E-state index in [2.05, 4.69) is 4.98 Å². The summed E-state index contributed by atoms with van der Waals surface area (Å²) in [5.41, 5.74) is -2.19. The van der Waals surface area contributed by atoms with Gasteiger partial charge in [-0.05, 0) is 37.8 Å². The fourth-order valence-corrected chi connectivity index (χ4v) is 3.42. The molecule has 2 aliphatic heterocycles. The Labute approximate surface area is 138 Å². The maximum atomic E-state index is 12.8. The predicted octanol–water partition coefficient (Wildman–Crippen LogP) is 2.05. The van der Waals surface area contributed by atoms with Gasteiger partial charge in [0, 0.05) is 31.5 Å². The largest absolute Gasteiger partial charge is 0.433 e. The Bertz CT molecular complexity index is 617. The number of hydrogen-bond acceptors (Lipinski definition) is 4. The average Bonchev–Trinajstić information content (AvgIpc) is 3.08. The number of pyridine rings is 1. The number of alkyl halides is 3. The van der Waals surface area contributed by atoms with Crippen molar-refractivity contribution in [3.8, 4) is 0 Å². The minimum atomic E-state index is -4.52. The van der Waals surface area contributed by atoms with E-state index in [1.54, 1.807) is 9.80 Å². The summed E-state index contributed by atoms with van der Waals surface area (Å²) in [4.78, 5) is 19.2. The number of anilines is 1. The molecule has 132 valence electrons. The zero-order valence-electron chi connectivity index (χ0n) is 13.2. The van der Waals surface area contributed by atoms with Crippen LogP contribution >= 0.6 is 0 Å². The number of amides is 1. The van der Waals surface area contributed by atoms with E-state index in [1.807, 2.05) is 0 Å². The lowest BCUT2D eigenvalue weighted by atomic mass is 9.91. The van der Waals surface area contributed by atoms with Gasteiger partial charge in [0.1, 0.15) is 5.69 Å². The molecule has 0 bridgehead atoms. The van der Waals surface area contributed by atoms with Crippen LogP contribution < -0.4 is 4.90 Å². The van der Waals surface area contributed by atoms with Crippen LogP contribution in [0.4, 0.5) is 18.9 Å². The van der Waals surface area contributed by atoms with Gasteiger partial charge in [-0.2, -0.15) is 13.2 Å². The molecule has 1 aromatic rings. The maximum absolute atomic E-state index is 12.8. The van der Waals surface area contributed by atoms with Gasteiger partial charge >= 0.3 is 6.18 Å². The number of aliphatic hydroxyl groups is 1. The zero-order valence-corrected chi connectivity index (χ0v) is 13.2. The fourth-order valence-electron chi connectivity index (χ4n) is 3.42. The molecule has 1 amide bonds. The molecule has 3 rings (SSSR count). The Morgan fingerprint density at radius 3 is 2.58 bits per heavy atom. The summed E-state index contributed by atoms with van der Waals surface area (Å²) in [7, 11) is 0. The van der Waals surface area contributed by atoms with Gasteiger partial charge in [-0.15, -0.1) is 0 Å². The number of aromatic nitrogens is 1. The Kier molecular flexibility index (Phi) is 4.42. The van der Waals surface area contributed by atoms with Gasteiger partial charge in [0.2, 0.25) is 0 Å². The Balaban J connectivity index is 1.79. The molecule has 1 unspecified atom stereocenters. The van der Waals surface area contributed by atoms with Crippen molar-refractivity contribution in [1.82, 2.24) is 9.88 Å². The van der Waals surface area contributed by atoms with Gasteiger partial charge < -0.3 is 14.9 Å². The molecule has 0 aliphatic carbocycles. The molecule has 0 saturated carbocycles. The average molecular weight is 343 g/mol. The number of rotatable bonds is 2. The summed E-state index contributed by atoms with van der Waals surface area (Å²) in [6.45, 7) is 1.77. The van der Waals surface area contributed by atoms with Crippen LogP contribution in [0.15, 0.2) is 18.3 Å². The highest BCUT2D eigenvalue weighted by atomic mass is 19.4. The molecule has 0 spiro atoms. The highest BCUT2D eigenvalue weighted by molar-refractivity contribution is 5.86. The molecule has 24 heavy (non-hydrogen) atoms. The monoisotopic (exact) mass is 343 g/mol. The maximum Gasteiger partial charge on any atom is 0.433 e. The first-order valence-electron chi connectivity index (χ1n) is 8.10. The predicted molar refractivity (Wildman–Crippen MR) is 81.4 cm³/mol. The number of β-amino-alcohol motifs (C(OH)–C–C–N with tert-alkyl or cyclic N) is 1. The number of nitrogens with zero attached hydrogens (tertiary/aromatic N) is 3. The summed E-state index contributed by atoms with van der Waals surface area (Å²) >= 11 is 0. The number of halogens is 3. The molecule has 5 nitrogen and oxygen atoms in total. The summed E-state index contributed by atoms with van der Waals surface area (Å²) in [5.74, 6) is -0.310. The van der Waals surface area contributed by atoms with Crippen molar-refractivity contribution in [3.63, 3.8) is 0 Å². The molecular formula is C16H20F3N3O2. The van der Waals surface area contributed by atoms with E-state index in [1.165, 1.54) is 6.07 Å². The van der Waals surface area contributed by atoms with Crippen molar-refractivity contribution < 1.29 is 23.1 Å². The lowest BCUT2D eigenvalue weighted by Crippen LogP contribution is -2.57. The third-order valence-corrected chi connectivity index (χ3v) is 4.66. The Hall–Kier alpha value is -1.83. The molecule has 1 N–H and O–H groups in total. The summed E-state index contributed by atoms with van der Waals surface area (Å²) in [6.07, 6.45) is -0.701. The standard InChI is InChI=1S/C16H20F3N3O2/c17-16(18,19)13-10-12(4-6-20-13)22-9-3-5-15(24,11-22)14(23)21-7-1-2-8-21/h4,6,10,24H,1-3,5,7-9,11H2. The number of carbonyl (C=O) groups is 1. The zero-order chi connectivity index (χ0) is 17.4. The van der Waals surface area contributed by atoms with Gasteiger partial charge in [-0.1, -0.05) is 0 Å². The van der Waals surface area contributed by atoms with Crippen molar-refractivity contribution >= 4 is 11.6 Å². The summed E-state index contributed by atoms with van der Waals surface area (Å²) < 4.78 is 38.5. The molecule has 8 heteroatoms. The number of hydrogen-bond donors (Lipinski definition) is 1. The third-order valence-electron chi connectivity index (χ3n) is 4.66. The molecule has 0 radical (unpaired) electrons. The van der Waals surface area contributed by atoms with Crippen LogP contribution in [0.5, 0.6) is 0 Å². The van der Waals surface area contributed by atoms with E-state index < -0.39 is 17.5 Å². The van der Waals surface area contributed by atoms with Gasteiger partial charge in [0.25, 0.3) is 5.91 Å². The van der Waals surface area contributed by atoms with Crippen molar-refractivity contribution in [2.45, 2.75) is 37.5 Å². The minimum absolute atomic E-state index is 0.00361. The van der Waals surface area contributed by atoms with Crippen LogP contribution in [0.3, 0.4) is 0 Å². The van der Waals surface area contributed by atoms with Crippen molar-refractivity contribution in [2.75, 3.05) is 31.1 Å². The molecule has 2 aliphatic rings. The van der Waals surface area contributed by atoms with Gasteiger partial charge in [-0.25, -0.2) is 0 Å². The number of piperidine rings is 1. The van der Waals surface area contributed by atoms with E-state index in [-0.39, 0.29) is 12.5 Å². The highest BCUT2D eigenvalue weighted by Gasteiger charge is 2.43. The first-order valence-corrected chi connectivity index (χ1v) is 8.10. The van der Waals surface area contributed by atoms with Crippen LogP contribution in [0.2, 0.25) is 0 Å². The lowest BCUT2D eigenvalue weighted by Gasteiger charge is -2.41. The second-order valence-electron chi connectivity index (χ2n) is 6.45. The quantitative estimate of drug-likeness (QED) is 0.893. The molecule has 1 atom stereocenters. The van der Waals surface area contributed by atoms with Crippen LogP contribution in [0.25, 0.3) is 0 Å². The van der Waals surface area contributed by atoms with Crippen molar-refractivity contribution in [1.29, 1.82) is 0 Å². The molecule has 3 heterocycles. The Morgan fingerprint density at radius 2 is 1.92 bits per heavy atom. The summed E-state index contributed by atoms with van der Waals surface area (Å²) in [6, 6.07) is 2.44. The van der Waals surface area contributed by atoms with Crippen LogP contribution in [0, 0.1) is 0 Å². The van der Waals surface area contributed by atoms with Crippen LogP contribution in [-0.4, -0.2) is 52.7 Å².